The highest BCUT2D eigenvalue weighted by Crippen LogP contribution is 2.21. The van der Waals surface area contributed by atoms with Crippen molar-refractivity contribution in [2.24, 2.45) is 0 Å². The number of rotatable bonds is 8. The van der Waals surface area contributed by atoms with Crippen LogP contribution in [0.3, 0.4) is 0 Å². The Morgan fingerprint density at radius 2 is 1.28 bits per heavy atom. The molecule has 3 aromatic carbocycles. The van der Waals surface area contributed by atoms with Crippen LogP contribution in [-0.2, 0) is 19.5 Å². The van der Waals surface area contributed by atoms with Crippen molar-refractivity contribution in [3.05, 3.63) is 106 Å². The Hall–Kier alpha value is -2.56. The highest BCUT2D eigenvalue weighted by Gasteiger charge is 2.21. The van der Waals surface area contributed by atoms with Gasteiger partial charge >= 0.3 is 0 Å². The summed E-state index contributed by atoms with van der Waals surface area (Å²) >= 11 is 0. The van der Waals surface area contributed by atoms with Crippen molar-refractivity contribution < 1.29 is 13.9 Å². The fourth-order valence-corrected chi connectivity index (χ4v) is 3.64. The summed E-state index contributed by atoms with van der Waals surface area (Å²) in [5, 5.41) is 10.2. The average molecular weight is 395 g/mol. The first-order chi connectivity index (χ1) is 14.0. The number of hydrogen-bond acceptors (Lipinski definition) is 2. The zero-order chi connectivity index (χ0) is 20.8. The Labute approximate surface area is 171 Å². The molecule has 0 aliphatic rings. The second-order valence-electron chi connectivity index (χ2n) is 7.58. The molecule has 0 radical (unpaired) electrons. The fraction of sp³-hybridized carbons (Fsp3) is 0.280. The van der Waals surface area contributed by atoms with Gasteiger partial charge in [-0.1, -0.05) is 48.5 Å². The predicted molar refractivity (Wildman–Crippen MR) is 113 cm³/mol. The Morgan fingerprint density at radius 3 is 1.72 bits per heavy atom. The summed E-state index contributed by atoms with van der Waals surface area (Å²) in [6.07, 6.45) is 0.364. The van der Waals surface area contributed by atoms with Crippen molar-refractivity contribution in [3.63, 3.8) is 0 Å². The van der Waals surface area contributed by atoms with Gasteiger partial charge < -0.3 is 5.11 Å². The smallest absolute Gasteiger partial charge is 0.126 e. The van der Waals surface area contributed by atoms with Crippen molar-refractivity contribution in [2.75, 3.05) is 6.61 Å². The lowest BCUT2D eigenvalue weighted by Crippen LogP contribution is -2.39. The predicted octanol–water partition coefficient (Wildman–Crippen LogP) is 5.19. The van der Waals surface area contributed by atoms with Crippen LogP contribution in [0.4, 0.5) is 8.78 Å². The van der Waals surface area contributed by atoms with E-state index in [4.69, 9.17) is 0 Å². The number of nitrogens with zero attached hydrogens (tertiary/aromatic N) is 1. The summed E-state index contributed by atoms with van der Waals surface area (Å²) in [5.41, 5.74) is 5.24. The number of aryl methyl sites for hydroxylation is 2. The van der Waals surface area contributed by atoms with Gasteiger partial charge in [0.2, 0.25) is 0 Å². The van der Waals surface area contributed by atoms with Crippen molar-refractivity contribution in [1.82, 2.24) is 4.90 Å². The van der Waals surface area contributed by atoms with Crippen LogP contribution in [0.25, 0.3) is 0 Å². The lowest BCUT2D eigenvalue weighted by atomic mass is 10.0. The number of aliphatic hydroxyl groups excluding tert-OH is 1. The van der Waals surface area contributed by atoms with Crippen LogP contribution in [0.5, 0.6) is 0 Å². The largest absolute Gasteiger partial charge is 0.395 e. The second kappa shape index (κ2) is 9.77. The highest BCUT2D eigenvalue weighted by molar-refractivity contribution is 5.28. The number of hydrogen-bond donors (Lipinski definition) is 1. The lowest BCUT2D eigenvalue weighted by Gasteiger charge is -2.32. The molecule has 0 amide bonds. The van der Waals surface area contributed by atoms with E-state index in [-0.39, 0.29) is 12.6 Å². The maximum absolute atomic E-state index is 13.7. The molecule has 29 heavy (non-hydrogen) atoms. The van der Waals surface area contributed by atoms with Gasteiger partial charge in [-0.2, -0.15) is 0 Å². The maximum atomic E-state index is 13.7. The minimum absolute atomic E-state index is 0.101. The van der Waals surface area contributed by atoms with Crippen LogP contribution in [0.15, 0.2) is 66.7 Å². The van der Waals surface area contributed by atoms with Crippen LogP contribution in [0.2, 0.25) is 0 Å². The highest BCUT2D eigenvalue weighted by atomic mass is 19.1. The van der Waals surface area contributed by atoms with E-state index >= 15 is 0 Å². The van der Waals surface area contributed by atoms with E-state index in [1.807, 2.05) is 24.3 Å². The standard InChI is InChI=1S/C25H27F2NO/c1-18-7-3-5-9-21(18)15-28(16-22-10-6-4-8-19(22)2)25(17-29)13-20-11-23(26)14-24(27)12-20/h3-12,14,25,29H,13,15-17H2,1-2H3. The van der Waals surface area contributed by atoms with E-state index in [0.29, 0.717) is 25.1 Å². The third kappa shape index (κ3) is 5.72. The summed E-state index contributed by atoms with van der Waals surface area (Å²) in [6, 6.07) is 19.6. The molecule has 0 saturated carbocycles. The molecule has 3 aromatic rings. The zero-order valence-electron chi connectivity index (χ0n) is 16.9. The third-order valence-corrected chi connectivity index (χ3v) is 5.39. The first-order valence-electron chi connectivity index (χ1n) is 9.85. The van der Waals surface area contributed by atoms with Gasteiger partial charge in [0.1, 0.15) is 11.6 Å². The zero-order valence-corrected chi connectivity index (χ0v) is 16.9. The monoisotopic (exact) mass is 395 g/mol. The summed E-state index contributed by atoms with van der Waals surface area (Å²) in [7, 11) is 0. The van der Waals surface area contributed by atoms with Gasteiger partial charge in [0.25, 0.3) is 0 Å². The van der Waals surface area contributed by atoms with Gasteiger partial charge in [0.05, 0.1) is 6.61 Å². The number of halogens is 2. The van der Waals surface area contributed by atoms with Crippen LogP contribution in [0, 0.1) is 25.5 Å². The molecule has 4 heteroatoms. The number of aliphatic hydroxyl groups is 1. The molecule has 1 atom stereocenters. The summed E-state index contributed by atoms with van der Waals surface area (Å²) < 4.78 is 27.3. The Balaban J connectivity index is 1.90. The molecule has 0 spiro atoms. The molecule has 0 aliphatic heterocycles. The lowest BCUT2D eigenvalue weighted by molar-refractivity contribution is 0.109. The maximum Gasteiger partial charge on any atom is 0.126 e. The Morgan fingerprint density at radius 1 is 0.793 bits per heavy atom. The quantitative estimate of drug-likeness (QED) is 0.568. The first-order valence-corrected chi connectivity index (χ1v) is 9.85. The fourth-order valence-electron chi connectivity index (χ4n) is 3.64. The average Bonchev–Trinajstić information content (AvgIpc) is 2.68. The van der Waals surface area contributed by atoms with Crippen molar-refractivity contribution in [2.45, 2.75) is 39.4 Å². The number of benzene rings is 3. The molecule has 2 nitrogen and oxygen atoms in total. The van der Waals surface area contributed by atoms with Crippen molar-refractivity contribution >= 4 is 0 Å². The molecular formula is C25H27F2NO. The first kappa shape index (κ1) is 21.2. The van der Waals surface area contributed by atoms with E-state index in [1.54, 1.807) is 0 Å². The van der Waals surface area contributed by atoms with Gasteiger partial charge in [-0.25, -0.2) is 8.78 Å². The molecule has 0 saturated heterocycles. The van der Waals surface area contributed by atoms with Crippen molar-refractivity contribution in [3.8, 4) is 0 Å². The molecule has 1 unspecified atom stereocenters. The Bertz CT molecular complexity index is 889. The molecule has 0 fully saturated rings. The van der Waals surface area contributed by atoms with E-state index < -0.39 is 11.6 Å². The molecule has 0 heterocycles. The second-order valence-corrected chi connectivity index (χ2v) is 7.58. The minimum atomic E-state index is -0.596. The molecule has 0 aromatic heterocycles. The Kier molecular flexibility index (Phi) is 7.13. The van der Waals surface area contributed by atoms with Gasteiger partial charge in [0, 0.05) is 25.2 Å². The molecule has 3 rings (SSSR count). The van der Waals surface area contributed by atoms with Crippen molar-refractivity contribution in [1.29, 1.82) is 0 Å². The van der Waals surface area contributed by atoms with E-state index in [2.05, 4.69) is 43.0 Å². The summed E-state index contributed by atoms with van der Waals surface area (Å²) in [4.78, 5) is 2.19. The molecular weight excluding hydrogens is 368 g/mol. The van der Waals surface area contributed by atoms with E-state index in [1.165, 1.54) is 34.4 Å². The van der Waals surface area contributed by atoms with Crippen LogP contribution >= 0.6 is 0 Å². The van der Waals surface area contributed by atoms with Gasteiger partial charge in [-0.05, 0) is 60.2 Å². The van der Waals surface area contributed by atoms with Gasteiger partial charge in [0.15, 0.2) is 0 Å². The molecule has 1 N–H and O–H groups in total. The summed E-state index contributed by atoms with van der Waals surface area (Å²) in [6.45, 7) is 5.32. The molecule has 0 aliphatic carbocycles. The molecule has 152 valence electrons. The van der Waals surface area contributed by atoms with Crippen LogP contribution in [-0.4, -0.2) is 22.7 Å². The van der Waals surface area contributed by atoms with Crippen LogP contribution in [0.1, 0.15) is 27.8 Å². The van der Waals surface area contributed by atoms with Gasteiger partial charge in [-0.15, -0.1) is 0 Å². The van der Waals surface area contributed by atoms with Gasteiger partial charge in [-0.3, -0.25) is 4.90 Å². The van der Waals surface area contributed by atoms with Crippen LogP contribution < -0.4 is 0 Å². The normalized spacial score (nSPS) is 12.3. The van der Waals surface area contributed by atoms with E-state index in [0.717, 1.165) is 6.07 Å². The van der Waals surface area contributed by atoms with E-state index in [9.17, 15) is 13.9 Å². The molecule has 0 bridgehead atoms. The minimum Gasteiger partial charge on any atom is -0.395 e. The topological polar surface area (TPSA) is 23.5 Å². The summed E-state index contributed by atoms with van der Waals surface area (Å²) in [5.74, 6) is -1.19. The third-order valence-electron chi connectivity index (χ3n) is 5.39. The SMILES string of the molecule is Cc1ccccc1CN(Cc1ccccc1C)C(CO)Cc1cc(F)cc(F)c1.